The maximum absolute atomic E-state index is 10.6. The van der Waals surface area contributed by atoms with E-state index in [9.17, 15) is 18.3 Å². The molecule has 0 spiro atoms. The molecule has 4 nitrogen and oxygen atoms in total. The minimum absolute atomic E-state index is 0.306. The van der Waals surface area contributed by atoms with E-state index in [2.05, 4.69) is 17.4 Å². The highest BCUT2D eigenvalue weighted by atomic mass is 19.4. The number of aliphatic carboxylic acids is 1. The van der Waals surface area contributed by atoms with Crippen LogP contribution < -0.4 is 5.32 Å². The third-order valence-corrected chi connectivity index (χ3v) is 3.14. The molecule has 1 saturated heterocycles. The van der Waals surface area contributed by atoms with Crippen LogP contribution in [0, 0.1) is 0 Å². The summed E-state index contributed by atoms with van der Waals surface area (Å²) in [7, 11) is 0. The second kappa shape index (κ2) is 6.91. The highest BCUT2D eigenvalue weighted by molar-refractivity contribution is 5.73. The van der Waals surface area contributed by atoms with Gasteiger partial charge >= 0.3 is 12.1 Å². The minimum Gasteiger partial charge on any atom is -0.475 e. The molecule has 7 heteroatoms. The van der Waals surface area contributed by atoms with Crippen molar-refractivity contribution < 1.29 is 28.2 Å². The van der Waals surface area contributed by atoms with Crippen LogP contribution >= 0.6 is 0 Å². The molecule has 1 aromatic carbocycles. The van der Waals surface area contributed by atoms with Crippen LogP contribution in [0.25, 0.3) is 0 Å². The predicted molar refractivity (Wildman–Crippen MR) is 70.7 cm³/mol. The number of halogens is 3. The Kier molecular flexibility index (Phi) is 5.74. The van der Waals surface area contributed by atoms with Gasteiger partial charge in [0, 0.05) is 6.04 Å². The van der Waals surface area contributed by atoms with Gasteiger partial charge in [-0.25, -0.2) is 4.79 Å². The van der Waals surface area contributed by atoms with Gasteiger partial charge in [0.15, 0.2) is 0 Å². The minimum atomic E-state index is -5.08. The van der Waals surface area contributed by atoms with Crippen molar-refractivity contribution in [2.24, 2.45) is 0 Å². The first-order chi connectivity index (χ1) is 9.62. The standard InChI is InChI=1S/C12H17NO.C2HF3O2/c1-12(14)7-8-13-11(9-12)10-5-3-2-4-6-10;3-2(4,5)1(6)7/h2-6,11,13-14H,7-9H2,1H3;(H,6,7)/t11-,12-;/m1./s1. The normalized spacial score (nSPS) is 25.7. The van der Waals surface area contributed by atoms with Crippen LogP contribution in [0.15, 0.2) is 30.3 Å². The van der Waals surface area contributed by atoms with Crippen LogP contribution in [0.2, 0.25) is 0 Å². The Bertz CT molecular complexity index is 460. The smallest absolute Gasteiger partial charge is 0.475 e. The molecule has 0 radical (unpaired) electrons. The molecule has 1 aliphatic heterocycles. The molecule has 0 bridgehead atoms. The number of nitrogens with one attached hydrogen (secondary N) is 1. The van der Waals surface area contributed by atoms with Crippen molar-refractivity contribution in [3.63, 3.8) is 0 Å². The van der Waals surface area contributed by atoms with E-state index < -0.39 is 17.7 Å². The number of carboxylic acid groups (broad SMARTS) is 1. The van der Waals surface area contributed by atoms with Crippen molar-refractivity contribution in [2.75, 3.05) is 6.54 Å². The molecule has 0 unspecified atom stereocenters. The quantitative estimate of drug-likeness (QED) is 0.745. The van der Waals surface area contributed by atoms with E-state index in [0.29, 0.717) is 6.04 Å². The van der Waals surface area contributed by atoms with Crippen molar-refractivity contribution in [3.05, 3.63) is 35.9 Å². The molecule has 1 aromatic rings. The molecule has 118 valence electrons. The lowest BCUT2D eigenvalue weighted by Gasteiger charge is -2.35. The summed E-state index contributed by atoms with van der Waals surface area (Å²) in [5.74, 6) is -2.76. The Balaban J connectivity index is 0.000000270. The van der Waals surface area contributed by atoms with Gasteiger partial charge in [-0.2, -0.15) is 13.2 Å². The van der Waals surface area contributed by atoms with Crippen molar-refractivity contribution in [3.8, 4) is 0 Å². The largest absolute Gasteiger partial charge is 0.490 e. The second-order valence-electron chi connectivity index (χ2n) is 5.17. The van der Waals surface area contributed by atoms with Gasteiger partial charge in [-0.05, 0) is 31.9 Å². The van der Waals surface area contributed by atoms with E-state index in [1.165, 1.54) is 5.56 Å². The van der Waals surface area contributed by atoms with Crippen LogP contribution in [-0.2, 0) is 4.79 Å². The maximum atomic E-state index is 10.6. The van der Waals surface area contributed by atoms with Crippen LogP contribution in [0.5, 0.6) is 0 Å². The summed E-state index contributed by atoms with van der Waals surface area (Å²) in [5, 5.41) is 20.5. The first kappa shape index (κ1) is 17.5. The topological polar surface area (TPSA) is 69.6 Å². The molecule has 0 aromatic heterocycles. The maximum Gasteiger partial charge on any atom is 0.490 e. The average Bonchev–Trinajstić information content (AvgIpc) is 2.38. The number of rotatable bonds is 1. The monoisotopic (exact) mass is 305 g/mol. The van der Waals surface area contributed by atoms with E-state index in [4.69, 9.17) is 9.90 Å². The summed E-state index contributed by atoms with van der Waals surface area (Å²) in [6, 6.07) is 10.6. The zero-order valence-corrected chi connectivity index (χ0v) is 11.5. The Morgan fingerprint density at radius 2 is 1.86 bits per heavy atom. The molecular formula is C14H18F3NO3. The molecule has 0 aliphatic carbocycles. The van der Waals surface area contributed by atoms with Gasteiger partial charge in [-0.3, -0.25) is 0 Å². The van der Waals surface area contributed by atoms with E-state index in [-0.39, 0.29) is 0 Å². The van der Waals surface area contributed by atoms with Crippen LogP contribution in [0.1, 0.15) is 31.4 Å². The van der Waals surface area contributed by atoms with Crippen LogP contribution in [0.4, 0.5) is 13.2 Å². The summed E-state index contributed by atoms with van der Waals surface area (Å²) in [6.07, 6.45) is -3.44. The number of piperidine rings is 1. The lowest BCUT2D eigenvalue weighted by Crippen LogP contribution is -2.41. The van der Waals surface area contributed by atoms with Crippen molar-refractivity contribution in [2.45, 2.75) is 37.6 Å². The number of aliphatic hydroxyl groups is 1. The van der Waals surface area contributed by atoms with Gasteiger partial charge in [0.2, 0.25) is 0 Å². The highest BCUT2D eigenvalue weighted by Gasteiger charge is 2.38. The molecular weight excluding hydrogens is 287 g/mol. The number of alkyl halides is 3. The Morgan fingerprint density at radius 1 is 1.33 bits per heavy atom. The van der Waals surface area contributed by atoms with Gasteiger partial charge in [0.1, 0.15) is 0 Å². The fourth-order valence-corrected chi connectivity index (χ4v) is 2.05. The van der Waals surface area contributed by atoms with Gasteiger partial charge in [0.25, 0.3) is 0 Å². The Labute approximate surface area is 120 Å². The SMILES string of the molecule is C[C@@]1(O)CCN[C@@H](c2ccccc2)C1.O=C(O)C(F)(F)F. The number of benzene rings is 1. The number of hydrogen-bond acceptors (Lipinski definition) is 3. The van der Waals surface area contributed by atoms with Gasteiger partial charge < -0.3 is 15.5 Å². The molecule has 2 rings (SSSR count). The van der Waals surface area contributed by atoms with Gasteiger partial charge in [-0.1, -0.05) is 30.3 Å². The average molecular weight is 305 g/mol. The van der Waals surface area contributed by atoms with Crippen molar-refractivity contribution in [1.29, 1.82) is 0 Å². The lowest BCUT2D eigenvalue weighted by atomic mass is 9.86. The molecule has 3 N–H and O–H groups in total. The number of carbonyl (C=O) groups is 1. The van der Waals surface area contributed by atoms with Crippen LogP contribution in [0.3, 0.4) is 0 Å². The number of hydrogen-bond donors (Lipinski definition) is 3. The zero-order valence-electron chi connectivity index (χ0n) is 11.5. The van der Waals surface area contributed by atoms with Gasteiger partial charge in [-0.15, -0.1) is 0 Å². The Hall–Kier alpha value is -1.60. The van der Waals surface area contributed by atoms with Gasteiger partial charge in [0.05, 0.1) is 5.60 Å². The zero-order chi connectivity index (χ0) is 16.1. The summed E-state index contributed by atoms with van der Waals surface area (Å²) < 4.78 is 31.7. The first-order valence-corrected chi connectivity index (χ1v) is 6.43. The second-order valence-corrected chi connectivity index (χ2v) is 5.17. The Morgan fingerprint density at radius 3 is 2.29 bits per heavy atom. The van der Waals surface area contributed by atoms with Crippen LogP contribution in [-0.4, -0.2) is 34.5 Å². The fourth-order valence-electron chi connectivity index (χ4n) is 2.05. The number of carboxylic acids is 1. The molecule has 1 fully saturated rings. The van der Waals surface area contributed by atoms with E-state index in [1.807, 2.05) is 25.1 Å². The predicted octanol–water partition coefficient (Wildman–Crippen LogP) is 2.50. The molecule has 0 saturated carbocycles. The fraction of sp³-hybridized carbons (Fsp3) is 0.500. The molecule has 1 heterocycles. The molecule has 2 atom stereocenters. The molecule has 21 heavy (non-hydrogen) atoms. The summed E-state index contributed by atoms with van der Waals surface area (Å²) >= 11 is 0. The van der Waals surface area contributed by atoms with E-state index >= 15 is 0 Å². The first-order valence-electron chi connectivity index (χ1n) is 6.43. The molecule has 1 aliphatic rings. The van der Waals surface area contributed by atoms with E-state index in [1.54, 1.807) is 0 Å². The molecule has 0 amide bonds. The van der Waals surface area contributed by atoms with Crippen molar-refractivity contribution >= 4 is 5.97 Å². The van der Waals surface area contributed by atoms with Crippen molar-refractivity contribution in [1.82, 2.24) is 5.32 Å². The summed E-state index contributed by atoms with van der Waals surface area (Å²) in [4.78, 5) is 8.90. The highest BCUT2D eigenvalue weighted by Crippen LogP contribution is 2.29. The lowest BCUT2D eigenvalue weighted by molar-refractivity contribution is -0.192. The third kappa shape index (κ3) is 6.14. The van der Waals surface area contributed by atoms with E-state index in [0.717, 1.165) is 19.4 Å². The summed E-state index contributed by atoms with van der Waals surface area (Å²) in [5.41, 5.74) is 0.763. The summed E-state index contributed by atoms with van der Waals surface area (Å²) in [6.45, 7) is 2.82. The third-order valence-electron chi connectivity index (χ3n) is 3.14.